The van der Waals surface area contributed by atoms with Crippen molar-refractivity contribution in [3.63, 3.8) is 0 Å². The van der Waals surface area contributed by atoms with Crippen LogP contribution in [0.4, 0.5) is 4.39 Å². The normalized spacial score (nSPS) is 10.8. The zero-order valence-electron chi connectivity index (χ0n) is 9.56. The number of carbonyl (C=O) groups excluding carboxylic acids is 1. The molecule has 0 N–H and O–H groups in total. The summed E-state index contributed by atoms with van der Waals surface area (Å²) >= 11 is 5.85. The van der Waals surface area contributed by atoms with Crippen LogP contribution < -0.4 is 0 Å². The van der Waals surface area contributed by atoms with Crippen molar-refractivity contribution >= 4 is 28.4 Å². The maximum absolute atomic E-state index is 13.5. The third-order valence-corrected chi connectivity index (χ3v) is 2.91. The topological polar surface area (TPSA) is 43.1 Å². The Labute approximate surface area is 112 Å². The van der Waals surface area contributed by atoms with Gasteiger partial charge in [-0.25, -0.2) is 9.37 Å². The number of pyridine rings is 1. The highest BCUT2D eigenvalue weighted by Gasteiger charge is 2.19. The largest absolute Gasteiger partial charge is 0.453 e. The van der Waals surface area contributed by atoms with Crippen LogP contribution >= 0.6 is 11.6 Å². The van der Waals surface area contributed by atoms with Crippen LogP contribution in [-0.2, 0) is 0 Å². The van der Waals surface area contributed by atoms with Gasteiger partial charge in [-0.05, 0) is 36.4 Å². The van der Waals surface area contributed by atoms with E-state index < -0.39 is 11.6 Å². The lowest BCUT2D eigenvalue weighted by molar-refractivity contribution is 0.100. The molecule has 3 nitrogen and oxygen atoms in total. The van der Waals surface area contributed by atoms with E-state index >= 15 is 0 Å². The molecular formula is C14H7ClFNO2. The van der Waals surface area contributed by atoms with E-state index in [0.29, 0.717) is 16.0 Å². The number of hydrogen-bond donors (Lipinski definition) is 0. The molecule has 2 heterocycles. The third-order valence-electron chi connectivity index (χ3n) is 2.68. The molecule has 0 bridgehead atoms. The van der Waals surface area contributed by atoms with Crippen LogP contribution in [-0.4, -0.2) is 10.8 Å². The van der Waals surface area contributed by atoms with Crippen molar-refractivity contribution in [2.75, 3.05) is 0 Å². The summed E-state index contributed by atoms with van der Waals surface area (Å²) in [5, 5.41) is 1.23. The van der Waals surface area contributed by atoms with Gasteiger partial charge in [-0.3, -0.25) is 4.79 Å². The maximum Gasteiger partial charge on any atom is 0.249 e. The molecule has 5 heteroatoms. The molecule has 0 fully saturated rings. The van der Waals surface area contributed by atoms with E-state index in [1.807, 2.05) is 0 Å². The Bertz CT molecular complexity index is 782. The molecular weight excluding hydrogens is 269 g/mol. The summed E-state index contributed by atoms with van der Waals surface area (Å²) in [6.07, 6.45) is 1.36. The molecule has 3 rings (SSSR count). The predicted molar refractivity (Wildman–Crippen MR) is 68.9 cm³/mol. The zero-order valence-corrected chi connectivity index (χ0v) is 10.3. The molecule has 0 amide bonds. The first-order chi connectivity index (χ1) is 9.15. The number of benzene rings is 1. The van der Waals surface area contributed by atoms with Crippen LogP contribution in [0.2, 0.25) is 5.02 Å². The molecule has 0 radical (unpaired) electrons. The number of nitrogens with zero attached hydrogens (tertiary/aromatic N) is 1. The number of hydrogen-bond acceptors (Lipinski definition) is 3. The van der Waals surface area contributed by atoms with E-state index in [2.05, 4.69) is 4.98 Å². The summed E-state index contributed by atoms with van der Waals surface area (Å²) in [7, 11) is 0. The number of aromatic nitrogens is 1. The van der Waals surface area contributed by atoms with Crippen LogP contribution in [0.15, 0.2) is 47.0 Å². The second kappa shape index (κ2) is 4.48. The Morgan fingerprint density at radius 3 is 2.89 bits per heavy atom. The molecule has 0 atom stereocenters. The Hall–Kier alpha value is -2.20. The minimum absolute atomic E-state index is 0.0369. The summed E-state index contributed by atoms with van der Waals surface area (Å²) in [6.45, 7) is 0. The molecule has 3 aromatic rings. The van der Waals surface area contributed by atoms with Crippen LogP contribution in [0.3, 0.4) is 0 Å². The molecule has 0 spiro atoms. The molecule has 0 saturated heterocycles. The molecule has 1 aromatic carbocycles. The number of halogens is 2. The summed E-state index contributed by atoms with van der Waals surface area (Å²) in [6, 6.07) is 9.11. The minimum Gasteiger partial charge on any atom is -0.453 e. The van der Waals surface area contributed by atoms with Gasteiger partial charge < -0.3 is 4.42 Å². The van der Waals surface area contributed by atoms with E-state index in [-0.39, 0.29) is 11.5 Å². The fourth-order valence-corrected chi connectivity index (χ4v) is 1.98. The molecule has 94 valence electrons. The van der Waals surface area contributed by atoms with E-state index in [0.717, 1.165) is 0 Å². The lowest BCUT2D eigenvalue weighted by Gasteiger charge is -1.97. The van der Waals surface area contributed by atoms with Crippen LogP contribution in [0.1, 0.15) is 16.2 Å². The number of rotatable bonds is 2. The standard InChI is InChI=1S/C14H7ClFNO2/c15-9-3-4-11-8(6-9)7-12(19-11)14(18)13-10(16)2-1-5-17-13/h1-7H. The van der Waals surface area contributed by atoms with Gasteiger partial charge in [0.15, 0.2) is 11.6 Å². The van der Waals surface area contributed by atoms with Gasteiger partial charge in [-0.1, -0.05) is 11.6 Å². The van der Waals surface area contributed by atoms with Crippen molar-refractivity contribution in [2.45, 2.75) is 0 Å². The average molecular weight is 276 g/mol. The molecule has 0 aliphatic rings. The van der Waals surface area contributed by atoms with Crippen LogP contribution in [0.25, 0.3) is 11.0 Å². The van der Waals surface area contributed by atoms with Gasteiger partial charge in [0, 0.05) is 16.6 Å². The highest BCUT2D eigenvalue weighted by molar-refractivity contribution is 6.31. The zero-order chi connectivity index (χ0) is 13.4. The smallest absolute Gasteiger partial charge is 0.249 e. The first-order valence-corrected chi connectivity index (χ1v) is 5.87. The second-order valence-corrected chi connectivity index (χ2v) is 4.39. The monoisotopic (exact) mass is 275 g/mol. The van der Waals surface area contributed by atoms with Gasteiger partial charge in [0.05, 0.1) is 0 Å². The average Bonchev–Trinajstić information content (AvgIpc) is 2.81. The SMILES string of the molecule is O=C(c1cc2cc(Cl)ccc2o1)c1ncccc1F. The summed E-state index contributed by atoms with van der Waals surface area (Å²) in [5.74, 6) is -1.23. The maximum atomic E-state index is 13.5. The molecule has 0 saturated carbocycles. The van der Waals surface area contributed by atoms with Crippen LogP contribution in [0.5, 0.6) is 0 Å². The van der Waals surface area contributed by atoms with Gasteiger partial charge in [0.2, 0.25) is 5.78 Å². The molecule has 0 unspecified atom stereocenters. The summed E-state index contributed by atoms with van der Waals surface area (Å²) in [4.78, 5) is 15.8. The molecule has 19 heavy (non-hydrogen) atoms. The Morgan fingerprint density at radius 2 is 2.11 bits per heavy atom. The lowest BCUT2D eigenvalue weighted by atomic mass is 10.2. The highest BCUT2D eigenvalue weighted by atomic mass is 35.5. The van der Waals surface area contributed by atoms with Crippen molar-refractivity contribution < 1.29 is 13.6 Å². The Balaban J connectivity index is 2.09. The van der Waals surface area contributed by atoms with Gasteiger partial charge in [-0.2, -0.15) is 0 Å². The van der Waals surface area contributed by atoms with Gasteiger partial charge in [0.1, 0.15) is 11.3 Å². The Morgan fingerprint density at radius 1 is 1.26 bits per heavy atom. The predicted octanol–water partition coefficient (Wildman–Crippen LogP) is 3.85. The van der Waals surface area contributed by atoms with Crippen LogP contribution in [0, 0.1) is 5.82 Å². The fourth-order valence-electron chi connectivity index (χ4n) is 1.80. The van der Waals surface area contributed by atoms with E-state index in [1.165, 1.54) is 24.4 Å². The third kappa shape index (κ3) is 2.11. The molecule has 2 aromatic heterocycles. The first kappa shape index (κ1) is 11.9. The fraction of sp³-hybridized carbons (Fsp3) is 0. The number of carbonyl (C=O) groups is 1. The minimum atomic E-state index is -0.675. The Kier molecular flexibility index (Phi) is 2.80. The van der Waals surface area contributed by atoms with E-state index in [1.54, 1.807) is 18.2 Å². The summed E-state index contributed by atoms with van der Waals surface area (Å²) in [5.41, 5.74) is 0.261. The molecule has 0 aliphatic heterocycles. The van der Waals surface area contributed by atoms with E-state index in [4.69, 9.17) is 16.0 Å². The highest BCUT2D eigenvalue weighted by Crippen LogP contribution is 2.24. The lowest BCUT2D eigenvalue weighted by Crippen LogP contribution is -2.05. The van der Waals surface area contributed by atoms with Gasteiger partial charge in [0.25, 0.3) is 0 Å². The van der Waals surface area contributed by atoms with Crippen molar-refractivity contribution in [1.29, 1.82) is 0 Å². The second-order valence-electron chi connectivity index (χ2n) is 3.96. The van der Waals surface area contributed by atoms with Crippen molar-refractivity contribution in [3.8, 4) is 0 Å². The molecule has 0 aliphatic carbocycles. The quantitative estimate of drug-likeness (QED) is 0.667. The van der Waals surface area contributed by atoms with Gasteiger partial charge in [-0.15, -0.1) is 0 Å². The number of furan rings is 1. The van der Waals surface area contributed by atoms with Crippen molar-refractivity contribution in [1.82, 2.24) is 4.98 Å². The van der Waals surface area contributed by atoms with E-state index in [9.17, 15) is 9.18 Å². The van der Waals surface area contributed by atoms with Crippen molar-refractivity contribution in [3.05, 3.63) is 64.9 Å². The van der Waals surface area contributed by atoms with Crippen molar-refractivity contribution in [2.24, 2.45) is 0 Å². The first-order valence-electron chi connectivity index (χ1n) is 5.49. The number of ketones is 1. The van der Waals surface area contributed by atoms with Gasteiger partial charge >= 0.3 is 0 Å². The summed E-state index contributed by atoms with van der Waals surface area (Å²) < 4.78 is 18.9. The number of fused-ring (bicyclic) bond motifs is 1.